The van der Waals surface area contributed by atoms with Crippen LogP contribution in [0.2, 0.25) is 5.02 Å². The van der Waals surface area contributed by atoms with E-state index in [9.17, 15) is 0 Å². The zero-order valence-electron chi connectivity index (χ0n) is 16.0. The first kappa shape index (κ1) is 20.0. The quantitative estimate of drug-likeness (QED) is 0.355. The van der Waals surface area contributed by atoms with E-state index in [1.165, 1.54) is 74.5 Å². The van der Waals surface area contributed by atoms with Crippen LogP contribution in [0, 0.1) is 0 Å². The van der Waals surface area contributed by atoms with Gasteiger partial charge in [-0.25, -0.2) is 0 Å². The minimum Gasteiger partial charge on any atom is -0.0837 e. The molecule has 0 aliphatic carbocycles. The minimum absolute atomic E-state index is 0.876. The van der Waals surface area contributed by atoms with Crippen molar-refractivity contribution >= 4 is 11.6 Å². The summed E-state index contributed by atoms with van der Waals surface area (Å²) in [6.45, 7) is 4.51. The second-order valence-corrected chi connectivity index (χ2v) is 7.54. The molecule has 0 saturated carbocycles. The van der Waals surface area contributed by atoms with Crippen LogP contribution in [0.25, 0.3) is 11.1 Å². The lowest BCUT2D eigenvalue weighted by Crippen LogP contribution is -1.89. The Morgan fingerprint density at radius 3 is 1.88 bits per heavy atom. The van der Waals surface area contributed by atoms with E-state index >= 15 is 0 Å². The molecule has 2 aromatic rings. The lowest BCUT2D eigenvalue weighted by molar-refractivity contribution is 0.632. The Labute approximate surface area is 159 Å². The zero-order chi connectivity index (χ0) is 17.9. The van der Waals surface area contributed by atoms with Crippen LogP contribution in [-0.4, -0.2) is 0 Å². The van der Waals surface area contributed by atoms with Gasteiger partial charge in [0, 0.05) is 10.6 Å². The zero-order valence-corrected chi connectivity index (χ0v) is 16.7. The Morgan fingerprint density at radius 1 is 0.640 bits per heavy atom. The van der Waals surface area contributed by atoms with E-state index in [1.54, 1.807) is 0 Å². The van der Waals surface area contributed by atoms with Gasteiger partial charge in [0.15, 0.2) is 0 Å². The number of halogens is 1. The summed E-state index contributed by atoms with van der Waals surface area (Å²) in [5, 5.41) is 0.876. The van der Waals surface area contributed by atoms with E-state index in [0.717, 1.165) is 17.0 Å². The van der Waals surface area contributed by atoms with Crippen LogP contribution in [0.4, 0.5) is 0 Å². The summed E-state index contributed by atoms with van der Waals surface area (Å²) < 4.78 is 0. The molecule has 0 aromatic heterocycles. The molecule has 0 amide bonds. The molecule has 0 N–H and O–H groups in total. The molecular weight excluding hydrogens is 324 g/mol. The fourth-order valence-electron chi connectivity index (χ4n) is 3.31. The molecule has 0 fully saturated rings. The highest BCUT2D eigenvalue weighted by Crippen LogP contribution is 2.29. The van der Waals surface area contributed by atoms with Crippen LogP contribution < -0.4 is 0 Å². The SMILES string of the molecule is CCCCCCCc1ccc(-c2ccc(CCCCC)cc2Cl)cc1. The van der Waals surface area contributed by atoms with Crippen LogP contribution in [0.1, 0.15) is 76.3 Å². The van der Waals surface area contributed by atoms with Crippen LogP contribution >= 0.6 is 11.6 Å². The highest BCUT2D eigenvalue weighted by molar-refractivity contribution is 6.33. The van der Waals surface area contributed by atoms with Gasteiger partial charge in [0.05, 0.1) is 0 Å². The van der Waals surface area contributed by atoms with Crippen molar-refractivity contribution in [3.63, 3.8) is 0 Å². The molecule has 136 valence electrons. The van der Waals surface area contributed by atoms with Crippen LogP contribution in [0.3, 0.4) is 0 Å². The smallest absolute Gasteiger partial charge is 0.0487 e. The topological polar surface area (TPSA) is 0 Å². The number of aryl methyl sites for hydroxylation is 2. The van der Waals surface area contributed by atoms with Gasteiger partial charge in [0.1, 0.15) is 0 Å². The molecule has 0 heterocycles. The highest BCUT2D eigenvalue weighted by Gasteiger charge is 2.05. The maximum absolute atomic E-state index is 6.55. The number of hydrogen-bond acceptors (Lipinski definition) is 0. The third-order valence-corrected chi connectivity index (χ3v) is 5.25. The molecule has 0 nitrogen and oxygen atoms in total. The van der Waals surface area contributed by atoms with Gasteiger partial charge < -0.3 is 0 Å². The van der Waals surface area contributed by atoms with Crippen molar-refractivity contribution in [3.8, 4) is 11.1 Å². The van der Waals surface area contributed by atoms with E-state index in [0.29, 0.717) is 0 Å². The first-order chi connectivity index (χ1) is 12.2. The first-order valence-electron chi connectivity index (χ1n) is 10.1. The maximum atomic E-state index is 6.55. The predicted octanol–water partition coefficient (Wildman–Crippen LogP) is 8.25. The van der Waals surface area contributed by atoms with Gasteiger partial charge in [0.25, 0.3) is 0 Å². The molecule has 0 spiro atoms. The standard InChI is InChI=1S/C24H33Cl/c1-3-5-7-8-10-11-20-13-16-22(17-14-20)23-18-15-21(19-24(23)25)12-9-6-4-2/h13-19H,3-12H2,1-2H3. The second kappa shape index (κ2) is 11.4. The number of rotatable bonds is 11. The first-order valence-corrected chi connectivity index (χ1v) is 10.5. The molecule has 1 heteroatoms. The molecule has 0 aliphatic heterocycles. The average Bonchev–Trinajstić information content (AvgIpc) is 2.63. The van der Waals surface area contributed by atoms with Gasteiger partial charge in [-0.05, 0) is 48.4 Å². The Hall–Kier alpha value is -1.27. The third kappa shape index (κ3) is 6.86. The van der Waals surface area contributed by atoms with Gasteiger partial charge >= 0.3 is 0 Å². The minimum atomic E-state index is 0.876. The molecule has 2 rings (SSSR count). The second-order valence-electron chi connectivity index (χ2n) is 7.13. The lowest BCUT2D eigenvalue weighted by atomic mass is 9.99. The Balaban J connectivity index is 1.92. The predicted molar refractivity (Wildman–Crippen MR) is 113 cm³/mol. The van der Waals surface area contributed by atoms with E-state index in [1.807, 2.05) is 0 Å². The summed E-state index contributed by atoms with van der Waals surface area (Å²) in [7, 11) is 0. The summed E-state index contributed by atoms with van der Waals surface area (Å²) in [6.07, 6.45) is 12.8. The molecule has 0 atom stereocenters. The van der Waals surface area contributed by atoms with Gasteiger partial charge in [-0.15, -0.1) is 0 Å². The molecule has 0 radical (unpaired) electrons. The Kier molecular flexibility index (Phi) is 9.11. The van der Waals surface area contributed by atoms with Crippen LogP contribution in [0.5, 0.6) is 0 Å². The molecule has 0 aliphatic rings. The van der Waals surface area contributed by atoms with Crippen molar-refractivity contribution in [2.24, 2.45) is 0 Å². The monoisotopic (exact) mass is 356 g/mol. The largest absolute Gasteiger partial charge is 0.0837 e. The van der Waals surface area contributed by atoms with E-state index in [-0.39, 0.29) is 0 Å². The summed E-state index contributed by atoms with van der Waals surface area (Å²) in [6, 6.07) is 15.5. The summed E-state index contributed by atoms with van der Waals surface area (Å²) in [4.78, 5) is 0. The van der Waals surface area contributed by atoms with E-state index < -0.39 is 0 Å². The molecule has 0 saturated heterocycles. The number of unbranched alkanes of at least 4 members (excludes halogenated alkanes) is 6. The Morgan fingerprint density at radius 2 is 1.20 bits per heavy atom. The molecule has 2 aromatic carbocycles. The van der Waals surface area contributed by atoms with Crippen molar-refractivity contribution in [1.29, 1.82) is 0 Å². The number of hydrogen-bond donors (Lipinski definition) is 0. The average molecular weight is 357 g/mol. The summed E-state index contributed by atoms with van der Waals surface area (Å²) in [5.74, 6) is 0. The van der Waals surface area contributed by atoms with Gasteiger partial charge in [-0.3, -0.25) is 0 Å². The van der Waals surface area contributed by atoms with E-state index in [2.05, 4.69) is 56.3 Å². The Bertz CT molecular complexity index is 612. The van der Waals surface area contributed by atoms with E-state index in [4.69, 9.17) is 11.6 Å². The van der Waals surface area contributed by atoms with Gasteiger partial charge in [0.2, 0.25) is 0 Å². The molecule has 25 heavy (non-hydrogen) atoms. The van der Waals surface area contributed by atoms with Crippen molar-refractivity contribution in [3.05, 3.63) is 58.6 Å². The van der Waals surface area contributed by atoms with Gasteiger partial charge in [-0.1, -0.05) is 100 Å². The normalized spacial score (nSPS) is 11.0. The van der Waals surface area contributed by atoms with Crippen LogP contribution in [0.15, 0.2) is 42.5 Å². The summed E-state index contributed by atoms with van der Waals surface area (Å²) >= 11 is 6.55. The third-order valence-electron chi connectivity index (χ3n) is 4.94. The molecule has 0 bridgehead atoms. The fourth-order valence-corrected chi connectivity index (χ4v) is 3.62. The van der Waals surface area contributed by atoms with Crippen molar-refractivity contribution < 1.29 is 0 Å². The van der Waals surface area contributed by atoms with Crippen molar-refractivity contribution in [2.75, 3.05) is 0 Å². The summed E-state index contributed by atoms with van der Waals surface area (Å²) in [5.41, 5.74) is 5.16. The lowest BCUT2D eigenvalue weighted by Gasteiger charge is -2.09. The number of benzene rings is 2. The molecule has 0 unspecified atom stereocenters. The van der Waals surface area contributed by atoms with Crippen LogP contribution in [-0.2, 0) is 12.8 Å². The maximum Gasteiger partial charge on any atom is 0.0487 e. The highest BCUT2D eigenvalue weighted by atomic mass is 35.5. The fraction of sp³-hybridized carbons (Fsp3) is 0.500. The molecular formula is C24H33Cl. The van der Waals surface area contributed by atoms with Crippen molar-refractivity contribution in [2.45, 2.75) is 78.1 Å². The van der Waals surface area contributed by atoms with Crippen molar-refractivity contribution in [1.82, 2.24) is 0 Å². The van der Waals surface area contributed by atoms with Gasteiger partial charge in [-0.2, -0.15) is 0 Å².